The third kappa shape index (κ3) is 3.65. The first-order valence-corrected chi connectivity index (χ1v) is 10.7. The molecule has 0 fully saturated rings. The van der Waals surface area contributed by atoms with Crippen LogP contribution in [0.3, 0.4) is 0 Å². The first-order chi connectivity index (χ1) is 11.9. The fraction of sp³-hybridized carbons (Fsp3) is 0.429. The molecule has 3 rings (SSSR count). The molecule has 1 aliphatic rings. The molecular weight excluding hydrogens is 330 g/mol. The highest BCUT2D eigenvalue weighted by Gasteiger charge is 2.42. The van der Waals surface area contributed by atoms with Crippen LogP contribution in [-0.4, -0.2) is 19.7 Å². The van der Waals surface area contributed by atoms with Gasteiger partial charge in [0.1, 0.15) is 0 Å². The molecule has 4 heteroatoms. The Morgan fingerprint density at radius 1 is 1.08 bits per heavy atom. The third-order valence-corrected chi connectivity index (χ3v) is 7.07. The molecule has 0 bridgehead atoms. The first kappa shape index (κ1) is 18.2. The summed E-state index contributed by atoms with van der Waals surface area (Å²) in [5.74, 6) is 0.565. The largest absolute Gasteiger partial charge is 0.300 e. The van der Waals surface area contributed by atoms with Crippen LogP contribution in [0.15, 0.2) is 59.5 Å². The molecule has 2 atom stereocenters. The third-order valence-electron chi connectivity index (χ3n) is 5.09. The molecular formula is C21H27NO2S. The summed E-state index contributed by atoms with van der Waals surface area (Å²) in [6.45, 7) is 6.39. The molecule has 0 saturated carbocycles. The van der Waals surface area contributed by atoms with Crippen LogP contribution < -0.4 is 5.32 Å². The molecule has 0 unspecified atom stereocenters. The zero-order valence-corrected chi connectivity index (χ0v) is 16.0. The van der Waals surface area contributed by atoms with Gasteiger partial charge in [0.25, 0.3) is 0 Å². The van der Waals surface area contributed by atoms with E-state index < -0.39 is 15.4 Å². The minimum absolute atomic E-state index is 0.117. The van der Waals surface area contributed by atoms with Crippen LogP contribution in [0, 0.1) is 5.92 Å². The highest BCUT2D eigenvalue weighted by Crippen LogP contribution is 2.38. The molecule has 0 spiro atoms. The first-order valence-electron chi connectivity index (χ1n) is 9.01. The predicted octanol–water partition coefficient (Wildman–Crippen LogP) is 4.35. The molecule has 0 aromatic heterocycles. The maximum absolute atomic E-state index is 13.2. The van der Waals surface area contributed by atoms with Crippen LogP contribution in [0.4, 0.5) is 0 Å². The smallest absolute Gasteiger partial charge is 0.180 e. The molecule has 1 aliphatic heterocycles. The van der Waals surface area contributed by atoms with E-state index in [0.717, 1.165) is 24.0 Å². The topological polar surface area (TPSA) is 46.2 Å². The molecule has 134 valence electrons. The summed E-state index contributed by atoms with van der Waals surface area (Å²) in [7, 11) is -3.35. The van der Waals surface area contributed by atoms with Gasteiger partial charge < -0.3 is 0 Å². The van der Waals surface area contributed by atoms with Crippen molar-refractivity contribution in [1.29, 1.82) is 0 Å². The molecule has 0 radical (unpaired) electrons. The van der Waals surface area contributed by atoms with Gasteiger partial charge in [0, 0.05) is 5.54 Å². The van der Waals surface area contributed by atoms with Gasteiger partial charge >= 0.3 is 0 Å². The van der Waals surface area contributed by atoms with Gasteiger partial charge in [0.2, 0.25) is 0 Å². The summed E-state index contributed by atoms with van der Waals surface area (Å²) < 4.78 is 26.4. The molecule has 25 heavy (non-hydrogen) atoms. The molecule has 0 amide bonds. The van der Waals surface area contributed by atoms with Crippen molar-refractivity contribution >= 4 is 9.84 Å². The molecule has 1 N–H and O–H groups in total. The van der Waals surface area contributed by atoms with Crippen molar-refractivity contribution in [2.45, 2.75) is 50.1 Å². The number of benzene rings is 2. The lowest BCUT2D eigenvalue weighted by Crippen LogP contribution is -2.51. The summed E-state index contributed by atoms with van der Waals surface area (Å²) in [6, 6.07) is 17.5. The average molecular weight is 358 g/mol. The summed E-state index contributed by atoms with van der Waals surface area (Å²) in [5.41, 5.74) is 1.54. The Bertz CT molecular complexity index is 830. The van der Waals surface area contributed by atoms with Crippen molar-refractivity contribution in [3.05, 3.63) is 65.7 Å². The van der Waals surface area contributed by atoms with E-state index in [-0.39, 0.29) is 11.8 Å². The van der Waals surface area contributed by atoms with Gasteiger partial charge in [-0.25, -0.2) is 8.42 Å². The zero-order chi connectivity index (χ0) is 18.1. The minimum atomic E-state index is -3.35. The standard InChI is InChI=1S/C21H27NO2S/c1-4-21(14-16(2)3)15-25(23,24)19-13-9-8-12-18(19)20(22-21)17-10-6-5-7-11-17/h5-13,16,20,22H,4,14-15H2,1-3H3/t20-,21+/m1/s1. The summed E-state index contributed by atoms with van der Waals surface area (Å²) in [6.07, 6.45) is 1.61. The van der Waals surface area contributed by atoms with E-state index in [4.69, 9.17) is 0 Å². The monoisotopic (exact) mass is 357 g/mol. The van der Waals surface area contributed by atoms with E-state index >= 15 is 0 Å². The molecule has 1 heterocycles. The van der Waals surface area contributed by atoms with Crippen molar-refractivity contribution in [3.8, 4) is 0 Å². The van der Waals surface area contributed by atoms with Gasteiger partial charge in [-0.1, -0.05) is 69.3 Å². The SMILES string of the molecule is CC[C@]1(CC(C)C)CS(=O)(=O)c2ccccc2[C@@H](c2ccccc2)N1. The maximum Gasteiger partial charge on any atom is 0.180 e. The van der Waals surface area contributed by atoms with Gasteiger partial charge in [0.15, 0.2) is 9.84 Å². The van der Waals surface area contributed by atoms with E-state index in [1.54, 1.807) is 6.07 Å². The predicted molar refractivity (Wildman–Crippen MR) is 102 cm³/mol. The zero-order valence-electron chi connectivity index (χ0n) is 15.2. The van der Waals surface area contributed by atoms with Gasteiger partial charge in [-0.15, -0.1) is 0 Å². The Labute approximate surface area is 151 Å². The van der Waals surface area contributed by atoms with Crippen molar-refractivity contribution in [2.75, 3.05) is 5.75 Å². The van der Waals surface area contributed by atoms with E-state index in [0.29, 0.717) is 10.8 Å². The highest BCUT2D eigenvalue weighted by atomic mass is 32.2. The minimum Gasteiger partial charge on any atom is -0.300 e. The normalized spacial score (nSPS) is 25.4. The number of sulfone groups is 1. The van der Waals surface area contributed by atoms with Crippen LogP contribution in [0.25, 0.3) is 0 Å². The number of rotatable bonds is 4. The molecule has 0 aliphatic carbocycles. The van der Waals surface area contributed by atoms with Crippen LogP contribution >= 0.6 is 0 Å². The molecule has 0 saturated heterocycles. The molecule has 2 aromatic carbocycles. The Hall–Kier alpha value is -1.65. The Morgan fingerprint density at radius 2 is 1.72 bits per heavy atom. The van der Waals surface area contributed by atoms with Crippen LogP contribution in [-0.2, 0) is 9.84 Å². The van der Waals surface area contributed by atoms with Gasteiger partial charge in [0.05, 0.1) is 16.7 Å². The lowest BCUT2D eigenvalue weighted by Gasteiger charge is -2.37. The lowest BCUT2D eigenvalue weighted by atomic mass is 9.85. The van der Waals surface area contributed by atoms with E-state index in [1.807, 2.05) is 36.4 Å². The van der Waals surface area contributed by atoms with Crippen LogP contribution in [0.1, 0.15) is 50.8 Å². The van der Waals surface area contributed by atoms with Crippen molar-refractivity contribution in [2.24, 2.45) is 5.92 Å². The second-order valence-electron chi connectivity index (χ2n) is 7.52. The second kappa shape index (κ2) is 6.93. The quantitative estimate of drug-likeness (QED) is 0.885. The number of nitrogens with one attached hydrogen (secondary N) is 1. The summed E-state index contributed by atoms with van der Waals surface area (Å²) in [4.78, 5) is 0.468. The highest BCUT2D eigenvalue weighted by molar-refractivity contribution is 7.91. The van der Waals surface area contributed by atoms with Crippen LogP contribution in [0.5, 0.6) is 0 Å². The van der Waals surface area contributed by atoms with Crippen molar-refractivity contribution in [1.82, 2.24) is 5.32 Å². The van der Waals surface area contributed by atoms with Gasteiger partial charge in [-0.05, 0) is 36.0 Å². The number of hydrogen-bond donors (Lipinski definition) is 1. The lowest BCUT2D eigenvalue weighted by molar-refractivity contribution is 0.269. The van der Waals surface area contributed by atoms with Gasteiger partial charge in [-0.3, -0.25) is 5.32 Å². The van der Waals surface area contributed by atoms with E-state index in [1.165, 1.54) is 0 Å². The molecule has 3 nitrogen and oxygen atoms in total. The molecule has 2 aromatic rings. The van der Waals surface area contributed by atoms with Crippen LogP contribution in [0.2, 0.25) is 0 Å². The Balaban J connectivity index is 2.21. The summed E-state index contributed by atoms with van der Waals surface area (Å²) in [5, 5.41) is 3.76. The number of fused-ring (bicyclic) bond motifs is 1. The van der Waals surface area contributed by atoms with Crippen molar-refractivity contribution < 1.29 is 8.42 Å². The maximum atomic E-state index is 13.2. The summed E-state index contributed by atoms with van der Waals surface area (Å²) >= 11 is 0. The Kier molecular flexibility index (Phi) is 5.03. The fourth-order valence-electron chi connectivity index (χ4n) is 4.03. The Morgan fingerprint density at radius 3 is 2.36 bits per heavy atom. The number of hydrogen-bond acceptors (Lipinski definition) is 3. The van der Waals surface area contributed by atoms with Crippen molar-refractivity contribution in [3.63, 3.8) is 0 Å². The fourth-order valence-corrected chi connectivity index (χ4v) is 6.14. The van der Waals surface area contributed by atoms with E-state index in [2.05, 4.69) is 38.2 Å². The van der Waals surface area contributed by atoms with Gasteiger partial charge in [-0.2, -0.15) is 0 Å². The second-order valence-corrected chi connectivity index (χ2v) is 9.47. The average Bonchev–Trinajstić information content (AvgIpc) is 2.68. The van der Waals surface area contributed by atoms with E-state index in [9.17, 15) is 8.42 Å².